The summed E-state index contributed by atoms with van der Waals surface area (Å²) in [6.07, 6.45) is 1.58. The second-order valence-corrected chi connectivity index (χ2v) is 4.78. The van der Waals surface area contributed by atoms with Crippen molar-refractivity contribution in [1.29, 1.82) is 0 Å². The fourth-order valence-electron chi connectivity index (χ4n) is 1.37. The molecule has 0 unspecified atom stereocenters. The molecule has 2 rings (SSSR count). The van der Waals surface area contributed by atoms with Crippen LogP contribution in [-0.4, -0.2) is 9.91 Å². The number of hydrogen-bond acceptors (Lipinski definition) is 5. The van der Waals surface area contributed by atoms with Crippen LogP contribution in [-0.2, 0) is 0 Å². The van der Waals surface area contributed by atoms with Gasteiger partial charge in [0.2, 0.25) is 0 Å². The van der Waals surface area contributed by atoms with Crippen molar-refractivity contribution < 1.29 is 4.92 Å². The van der Waals surface area contributed by atoms with E-state index >= 15 is 0 Å². The van der Waals surface area contributed by atoms with Crippen LogP contribution in [0.15, 0.2) is 46.5 Å². The predicted octanol–water partition coefficient (Wildman–Crippen LogP) is 3.38. The van der Waals surface area contributed by atoms with E-state index in [1.807, 2.05) is 0 Å². The van der Waals surface area contributed by atoms with Gasteiger partial charge in [-0.15, -0.1) is 0 Å². The van der Waals surface area contributed by atoms with Crippen LogP contribution >= 0.6 is 23.4 Å². The monoisotopic (exact) mass is 281 g/mol. The summed E-state index contributed by atoms with van der Waals surface area (Å²) in [6, 6.07) is 8.13. The number of nitro groups is 1. The van der Waals surface area contributed by atoms with Crippen molar-refractivity contribution in [3.8, 4) is 0 Å². The van der Waals surface area contributed by atoms with E-state index in [4.69, 9.17) is 17.3 Å². The second kappa shape index (κ2) is 5.24. The highest BCUT2D eigenvalue weighted by atomic mass is 35.5. The third-order valence-corrected chi connectivity index (χ3v) is 3.63. The molecule has 0 aliphatic carbocycles. The number of pyridine rings is 1. The van der Waals surface area contributed by atoms with Crippen LogP contribution in [0.4, 0.5) is 11.4 Å². The van der Waals surface area contributed by atoms with Gasteiger partial charge < -0.3 is 5.73 Å². The lowest BCUT2D eigenvalue weighted by atomic mass is 10.3. The third-order valence-electron chi connectivity index (χ3n) is 2.14. The van der Waals surface area contributed by atoms with Gasteiger partial charge in [-0.1, -0.05) is 29.4 Å². The smallest absolute Gasteiger partial charge is 0.305 e. The first-order valence-electron chi connectivity index (χ1n) is 4.91. The lowest BCUT2D eigenvalue weighted by molar-refractivity contribution is -0.386. The zero-order valence-electron chi connectivity index (χ0n) is 9.04. The molecule has 0 bridgehead atoms. The predicted molar refractivity (Wildman–Crippen MR) is 70.9 cm³/mol. The molecule has 2 N–H and O–H groups in total. The molecule has 7 heteroatoms. The van der Waals surface area contributed by atoms with Gasteiger partial charge in [0.25, 0.3) is 0 Å². The van der Waals surface area contributed by atoms with Crippen LogP contribution in [0.1, 0.15) is 0 Å². The molecule has 0 amide bonds. The Morgan fingerprint density at radius 2 is 2.11 bits per heavy atom. The highest BCUT2D eigenvalue weighted by molar-refractivity contribution is 7.99. The van der Waals surface area contributed by atoms with Crippen molar-refractivity contribution >= 4 is 34.7 Å². The Hall–Kier alpha value is -1.79. The molecule has 0 saturated heterocycles. The van der Waals surface area contributed by atoms with Crippen molar-refractivity contribution in [2.75, 3.05) is 5.73 Å². The number of halogens is 1. The molecule has 0 radical (unpaired) electrons. The Morgan fingerprint density at radius 1 is 1.33 bits per heavy atom. The van der Waals surface area contributed by atoms with Crippen molar-refractivity contribution in [2.45, 2.75) is 9.92 Å². The third kappa shape index (κ3) is 2.55. The van der Waals surface area contributed by atoms with Gasteiger partial charge in [0, 0.05) is 6.20 Å². The molecular formula is C11H8ClN3O2S. The van der Waals surface area contributed by atoms with E-state index < -0.39 is 4.92 Å². The van der Waals surface area contributed by atoms with E-state index in [1.165, 1.54) is 6.07 Å². The molecule has 1 aromatic heterocycles. The zero-order chi connectivity index (χ0) is 13.1. The largest absolute Gasteiger partial charge is 0.393 e. The number of rotatable bonds is 3. The fraction of sp³-hybridized carbons (Fsp3) is 0. The molecule has 1 heterocycles. The van der Waals surface area contributed by atoms with Gasteiger partial charge in [-0.25, -0.2) is 4.98 Å². The lowest BCUT2D eigenvalue weighted by Crippen LogP contribution is -1.97. The maximum atomic E-state index is 11.0. The minimum absolute atomic E-state index is 0.121. The van der Waals surface area contributed by atoms with E-state index in [9.17, 15) is 10.1 Å². The van der Waals surface area contributed by atoms with Crippen LogP contribution in [0.25, 0.3) is 0 Å². The number of para-hydroxylation sites is 1. The van der Waals surface area contributed by atoms with Crippen molar-refractivity contribution in [2.24, 2.45) is 0 Å². The van der Waals surface area contributed by atoms with Gasteiger partial charge in [-0.2, -0.15) is 0 Å². The summed E-state index contributed by atoms with van der Waals surface area (Å²) in [4.78, 5) is 15.0. The first-order chi connectivity index (χ1) is 8.59. The number of nitrogen functional groups attached to an aromatic ring is 1. The first kappa shape index (κ1) is 12.7. The molecule has 0 spiro atoms. The minimum Gasteiger partial charge on any atom is -0.393 e. The van der Waals surface area contributed by atoms with Crippen molar-refractivity contribution in [3.63, 3.8) is 0 Å². The van der Waals surface area contributed by atoms with E-state index in [0.717, 1.165) is 11.8 Å². The summed E-state index contributed by atoms with van der Waals surface area (Å²) in [5.74, 6) is 0. The van der Waals surface area contributed by atoms with Crippen LogP contribution < -0.4 is 5.73 Å². The van der Waals surface area contributed by atoms with E-state index in [1.54, 1.807) is 30.5 Å². The average Bonchev–Trinajstić information content (AvgIpc) is 2.31. The van der Waals surface area contributed by atoms with Crippen LogP contribution in [0.3, 0.4) is 0 Å². The number of benzene rings is 1. The fourth-order valence-corrected chi connectivity index (χ4v) is 2.53. The number of nitrogens with two attached hydrogens (primary N) is 1. The zero-order valence-corrected chi connectivity index (χ0v) is 10.6. The van der Waals surface area contributed by atoms with Gasteiger partial charge in [-0.05, 0) is 24.3 Å². The normalized spacial score (nSPS) is 10.3. The Labute approximate surface area is 112 Å². The molecule has 0 atom stereocenters. The minimum atomic E-state index is -0.505. The molecule has 0 saturated carbocycles. The molecule has 2 aromatic rings. The molecule has 0 fully saturated rings. The Kier molecular flexibility index (Phi) is 3.69. The summed E-state index contributed by atoms with van der Waals surface area (Å²) >= 11 is 7.08. The molecule has 0 aliphatic rings. The molecule has 5 nitrogen and oxygen atoms in total. The maximum absolute atomic E-state index is 11.0. The number of hydrogen-bond donors (Lipinski definition) is 1. The van der Waals surface area contributed by atoms with Crippen molar-refractivity contribution in [1.82, 2.24) is 4.98 Å². The standard InChI is InChI=1S/C11H8ClN3O2S/c12-7-3-2-6-14-11(7)18-9-5-1-4-8(13)10(9)15(16)17/h1-6H,13H2. The van der Waals surface area contributed by atoms with Gasteiger partial charge in [0.1, 0.15) is 10.7 Å². The highest BCUT2D eigenvalue weighted by Gasteiger charge is 2.19. The quantitative estimate of drug-likeness (QED) is 0.530. The van der Waals surface area contributed by atoms with Crippen LogP contribution in [0, 0.1) is 10.1 Å². The summed E-state index contributed by atoms with van der Waals surface area (Å²) in [6.45, 7) is 0. The summed E-state index contributed by atoms with van der Waals surface area (Å²) in [7, 11) is 0. The molecular weight excluding hydrogens is 274 g/mol. The number of nitro benzene ring substituents is 1. The van der Waals surface area contributed by atoms with Gasteiger partial charge >= 0.3 is 5.69 Å². The van der Waals surface area contributed by atoms with Gasteiger partial charge in [-0.3, -0.25) is 10.1 Å². The number of anilines is 1. The highest BCUT2D eigenvalue weighted by Crippen LogP contribution is 2.39. The van der Waals surface area contributed by atoms with Crippen LogP contribution in [0.2, 0.25) is 5.02 Å². The molecule has 18 heavy (non-hydrogen) atoms. The first-order valence-corrected chi connectivity index (χ1v) is 6.10. The van der Waals surface area contributed by atoms with E-state index in [0.29, 0.717) is 14.9 Å². The average molecular weight is 282 g/mol. The maximum Gasteiger partial charge on any atom is 0.305 e. The van der Waals surface area contributed by atoms with Crippen molar-refractivity contribution in [3.05, 3.63) is 51.7 Å². The summed E-state index contributed by atoms with van der Waals surface area (Å²) < 4.78 is 0. The Morgan fingerprint density at radius 3 is 2.78 bits per heavy atom. The number of aromatic nitrogens is 1. The molecule has 0 aliphatic heterocycles. The topological polar surface area (TPSA) is 82.0 Å². The second-order valence-electron chi connectivity index (χ2n) is 3.34. The van der Waals surface area contributed by atoms with E-state index in [2.05, 4.69) is 4.98 Å². The lowest BCUT2D eigenvalue weighted by Gasteiger charge is -2.05. The van der Waals surface area contributed by atoms with E-state index in [-0.39, 0.29) is 11.4 Å². The number of nitrogens with zero attached hydrogens (tertiary/aromatic N) is 2. The van der Waals surface area contributed by atoms with Gasteiger partial charge in [0.05, 0.1) is 14.8 Å². The molecule has 92 valence electrons. The van der Waals surface area contributed by atoms with Crippen LogP contribution in [0.5, 0.6) is 0 Å². The Bertz CT molecular complexity index is 607. The Balaban J connectivity index is 2.44. The molecule has 1 aromatic carbocycles. The van der Waals surface area contributed by atoms with Gasteiger partial charge in [0.15, 0.2) is 0 Å². The summed E-state index contributed by atoms with van der Waals surface area (Å²) in [5.41, 5.74) is 5.61. The SMILES string of the molecule is Nc1cccc(Sc2ncccc2Cl)c1[N+](=O)[O-]. The summed E-state index contributed by atoms with van der Waals surface area (Å²) in [5, 5.41) is 11.9.